The molecular weight excluding hydrogens is 332 g/mol. The van der Waals surface area contributed by atoms with Crippen LogP contribution in [0.25, 0.3) is 0 Å². The van der Waals surface area contributed by atoms with Crippen molar-refractivity contribution in [2.45, 2.75) is 56.3 Å². The Bertz CT molecular complexity index is 360. The molecule has 1 aliphatic rings. The van der Waals surface area contributed by atoms with Crippen molar-refractivity contribution < 1.29 is 0 Å². The van der Waals surface area contributed by atoms with Crippen molar-refractivity contribution in [2.75, 3.05) is 0 Å². The standard InChI is InChI=1S/C12H18Br2N2/c1-8(2)16-12(11(14)7-15-16)9-5-3-4-6-10(9)13/h7-10H,3-6H2,1-2H3. The van der Waals surface area contributed by atoms with E-state index in [9.17, 15) is 0 Å². The van der Waals surface area contributed by atoms with E-state index in [1.807, 2.05) is 6.20 Å². The van der Waals surface area contributed by atoms with Gasteiger partial charge in [0.2, 0.25) is 0 Å². The van der Waals surface area contributed by atoms with Crippen LogP contribution < -0.4 is 0 Å². The Morgan fingerprint density at radius 1 is 1.38 bits per heavy atom. The molecule has 0 aromatic carbocycles. The van der Waals surface area contributed by atoms with Gasteiger partial charge in [-0.05, 0) is 42.6 Å². The van der Waals surface area contributed by atoms with E-state index in [1.165, 1.54) is 31.4 Å². The highest BCUT2D eigenvalue weighted by atomic mass is 79.9. The zero-order valence-corrected chi connectivity index (χ0v) is 13.0. The summed E-state index contributed by atoms with van der Waals surface area (Å²) in [5.74, 6) is 0.605. The second-order valence-electron chi connectivity index (χ2n) is 4.82. The fraction of sp³-hybridized carbons (Fsp3) is 0.750. The molecule has 16 heavy (non-hydrogen) atoms. The number of rotatable bonds is 2. The van der Waals surface area contributed by atoms with Crippen LogP contribution >= 0.6 is 31.9 Å². The number of alkyl halides is 1. The molecule has 1 aromatic heterocycles. The third kappa shape index (κ3) is 2.37. The van der Waals surface area contributed by atoms with Crippen molar-refractivity contribution in [3.05, 3.63) is 16.4 Å². The molecule has 2 atom stereocenters. The third-order valence-corrected chi connectivity index (χ3v) is 5.02. The summed E-state index contributed by atoms with van der Waals surface area (Å²) in [6.07, 6.45) is 7.17. The summed E-state index contributed by atoms with van der Waals surface area (Å²) in [4.78, 5) is 0.603. The number of halogens is 2. The van der Waals surface area contributed by atoms with Crippen LogP contribution in [-0.2, 0) is 0 Å². The molecule has 1 saturated carbocycles. The molecule has 1 heterocycles. The summed E-state index contributed by atoms with van der Waals surface area (Å²) >= 11 is 7.48. The predicted molar refractivity (Wildman–Crippen MR) is 74.2 cm³/mol. The first-order valence-electron chi connectivity index (χ1n) is 5.98. The van der Waals surface area contributed by atoms with Gasteiger partial charge in [-0.2, -0.15) is 5.10 Å². The minimum atomic E-state index is 0.433. The van der Waals surface area contributed by atoms with E-state index < -0.39 is 0 Å². The quantitative estimate of drug-likeness (QED) is 0.710. The lowest BCUT2D eigenvalue weighted by molar-refractivity contribution is 0.412. The van der Waals surface area contributed by atoms with E-state index in [0.29, 0.717) is 16.8 Å². The minimum Gasteiger partial charge on any atom is -0.266 e. The van der Waals surface area contributed by atoms with Gasteiger partial charge in [0.25, 0.3) is 0 Å². The normalized spacial score (nSPS) is 26.3. The van der Waals surface area contributed by atoms with Gasteiger partial charge in [0, 0.05) is 16.8 Å². The van der Waals surface area contributed by atoms with E-state index in [0.717, 1.165) is 4.47 Å². The largest absolute Gasteiger partial charge is 0.266 e. The third-order valence-electron chi connectivity index (χ3n) is 3.31. The lowest BCUT2D eigenvalue weighted by atomic mass is 9.86. The Balaban J connectivity index is 2.33. The Morgan fingerprint density at radius 3 is 2.69 bits per heavy atom. The number of aromatic nitrogens is 2. The molecule has 2 unspecified atom stereocenters. The van der Waals surface area contributed by atoms with Crippen LogP contribution in [0.3, 0.4) is 0 Å². The van der Waals surface area contributed by atoms with Crippen LogP contribution in [0.5, 0.6) is 0 Å². The summed E-state index contributed by atoms with van der Waals surface area (Å²) in [5.41, 5.74) is 1.37. The zero-order chi connectivity index (χ0) is 11.7. The van der Waals surface area contributed by atoms with Gasteiger partial charge in [0.05, 0.1) is 16.4 Å². The van der Waals surface area contributed by atoms with Gasteiger partial charge in [-0.25, -0.2) is 0 Å². The lowest BCUT2D eigenvalue weighted by Gasteiger charge is -2.29. The molecule has 1 aromatic rings. The second kappa shape index (κ2) is 5.21. The summed E-state index contributed by atoms with van der Waals surface area (Å²) in [5, 5.41) is 4.47. The lowest BCUT2D eigenvalue weighted by Crippen LogP contribution is -2.22. The zero-order valence-electron chi connectivity index (χ0n) is 9.79. The maximum Gasteiger partial charge on any atom is 0.0635 e. The molecule has 0 N–H and O–H groups in total. The summed E-state index contributed by atoms with van der Waals surface area (Å²) < 4.78 is 3.33. The van der Waals surface area contributed by atoms with Gasteiger partial charge in [-0.15, -0.1) is 0 Å². The van der Waals surface area contributed by atoms with Crippen molar-refractivity contribution in [3.63, 3.8) is 0 Å². The summed E-state index contributed by atoms with van der Waals surface area (Å²) in [6, 6.07) is 0.433. The van der Waals surface area contributed by atoms with E-state index in [-0.39, 0.29) is 0 Å². The Morgan fingerprint density at radius 2 is 2.06 bits per heavy atom. The minimum absolute atomic E-state index is 0.433. The molecule has 90 valence electrons. The predicted octanol–water partition coefficient (Wildman–Crippen LogP) is 4.65. The van der Waals surface area contributed by atoms with Crippen molar-refractivity contribution in [2.24, 2.45) is 0 Å². The van der Waals surface area contributed by atoms with Crippen molar-refractivity contribution in [1.29, 1.82) is 0 Å². The summed E-state index contributed by atoms with van der Waals surface area (Å²) in [7, 11) is 0. The first-order valence-corrected chi connectivity index (χ1v) is 7.69. The fourth-order valence-electron chi connectivity index (χ4n) is 2.50. The highest BCUT2D eigenvalue weighted by Crippen LogP contribution is 2.40. The SMILES string of the molecule is CC(C)n1ncc(Br)c1C1CCCCC1Br. The van der Waals surface area contributed by atoms with Crippen LogP contribution in [0.2, 0.25) is 0 Å². The van der Waals surface area contributed by atoms with Crippen LogP contribution in [-0.4, -0.2) is 14.6 Å². The molecule has 0 bridgehead atoms. The van der Waals surface area contributed by atoms with Crippen molar-refractivity contribution >= 4 is 31.9 Å². The van der Waals surface area contributed by atoms with Crippen LogP contribution in [0, 0.1) is 0 Å². The Kier molecular flexibility index (Phi) is 4.11. The van der Waals surface area contributed by atoms with E-state index in [2.05, 4.69) is 55.5 Å². The van der Waals surface area contributed by atoms with E-state index >= 15 is 0 Å². The molecule has 2 rings (SSSR count). The molecule has 0 radical (unpaired) electrons. The van der Waals surface area contributed by atoms with Gasteiger partial charge in [0.1, 0.15) is 0 Å². The molecule has 0 saturated heterocycles. The van der Waals surface area contributed by atoms with Crippen LogP contribution in [0.15, 0.2) is 10.7 Å². The van der Waals surface area contributed by atoms with E-state index in [1.54, 1.807) is 0 Å². The average molecular weight is 350 g/mol. The molecule has 0 amide bonds. The molecule has 0 spiro atoms. The molecule has 2 nitrogen and oxygen atoms in total. The molecule has 0 aliphatic heterocycles. The molecule has 1 aliphatic carbocycles. The van der Waals surface area contributed by atoms with Crippen LogP contribution in [0.4, 0.5) is 0 Å². The second-order valence-corrected chi connectivity index (χ2v) is 6.85. The fourth-order valence-corrected chi connectivity index (χ4v) is 3.91. The van der Waals surface area contributed by atoms with Crippen molar-refractivity contribution in [3.8, 4) is 0 Å². The average Bonchev–Trinajstić information content (AvgIpc) is 2.61. The van der Waals surface area contributed by atoms with Gasteiger partial charge >= 0.3 is 0 Å². The smallest absolute Gasteiger partial charge is 0.0635 e. The monoisotopic (exact) mass is 348 g/mol. The number of hydrogen-bond donors (Lipinski definition) is 0. The molecule has 4 heteroatoms. The number of hydrogen-bond acceptors (Lipinski definition) is 1. The van der Waals surface area contributed by atoms with E-state index in [4.69, 9.17) is 0 Å². The van der Waals surface area contributed by atoms with Crippen molar-refractivity contribution in [1.82, 2.24) is 9.78 Å². The first-order chi connectivity index (χ1) is 7.61. The first kappa shape index (κ1) is 12.6. The van der Waals surface area contributed by atoms with Gasteiger partial charge < -0.3 is 0 Å². The van der Waals surface area contributed by atoms with Gasteiger partial charge in [-0.1, -0.05) is 28.8 Å². The highest BCUT2D eigenvalue weighted by molar-refractivity contribution is 9.10. The highest BCUT2D eigenvalue weighted by Gasteiger charge is 2.29. The maximum absolute atomic E-state index is 4.47. The maximum atomic E-state index is 4.47. The summed E-state index contributed by atoms with van der Waals surface area (Å²) in [6.45, 7) is 4.38. The Labute approximate surface area is 114 Å². The molecule has 1 fully saturated rings. The molecular formula is C12H18Br2N2. The van der Waals surface area contributed by atoms with Gasteiger partial charge in [0.15, 0.2) is 0 Å². The van der Waals surface area contributed by atoms with Crippen LogP contribution in [0.1, 0.15) is 57.2 Å². The Hall–Kier alpha value is 0.170. The topological polar surface area (TPSA) is 17.8 Å². The van der Waals surface area contributed by atoms with Gasteiger partial charge in [-0.3, -0.25) is 4.68 Å². The number of nitrogens with zero attached hydrogens (tertiary/aromatic N) is 2.